The van der Waals surface area contributed by atoms with E-state index < -0.39 is 133 Å². The molecule has 2 heterocycles. The van der Waals surface area contributed by atoms with Gasteiger partial charge in [-0.2, -0.15) is 0 Å². The van der Waals surface area contributed by atoms with Gasteiger partial charge in [0.1, 0.15) is 36.6 Å². The number of nitrogens with one attached hydrogen (secondary N) is 3. The van der Waals surface area contributed by atoms with Crippen LogP contribution in [0.5, 0.6) is 5.75 Å². The van der Waals surface area contributed by atoms with Gasteiger partial charge >= 0.3 is 24.2 Å². The number of rotatable bonds is 29. The molecule has 0 spiro atoms. The van der Waals surface area contributed by atoms with E-state index >= 15 is 0 Å². The summed E-state index contributed by atoms with van der Waals surface area (Å²) in [5, 5.41) is 19.5. The Morgan fingerprint density at radius 3 is 2.02 bits per heavy atom. The lowest BCUT2D eigenvalue weighted by atomic mass is 9.89. The molecular formula is C65H96N8O17. The van der Waals surface area contributed by atoms with E-state index in [1.807, 2.05) is 44.2 Å². The van der Waals surface area contributed by atoms with Gasteiger partial charge in [0.05, 0.1) is 55.3 Å². The summed E-state index contributed by atoms with van der Waals surface area (Å²) < 4.78 is 28.7. The molecule has 2 unspecified atom stereocenters. The van der Waals surface area contributed by atoms with Crippen molar-refractivity contribution in [2.45, 2.75) is 193 Å². The molecule has 4 N–H and O–H groups in total. The SMILES string of the molecule is CC[C@H](C)[C@@H]([C@@H](CC(=O)N1CCC[C@H]1[C@H](OC)[C@@H](C)C(=O)N[C@H](C)[C@@H](O)c1ccccc1)OC)N(C)C(=O)[C@H](NC(=O)[C@H](C(C)C)N(C)C(=O)OCc1ccc(OC(=O)NC(CN(C)C(=O)OC2/C=C/CCCCC2)C(=O)ON2C(=O)CCC2=O)cc1)C(C)C. The van der Waals surface area contributed by atoms with Crippen LogP contribution in [0, 0.1) is 23.7 Å². The Balaban J connectivity index is 1.19. The van der Waals surface area contributed by atoms with Crippen molar-refractivity contribution in [3.8, 4) is 5.75 Å². The number of methoxy groups -OCH3 is 2. The first-order chi connectivity index (χ1) is 42.7. The molecule has 498 valence electrons. The highest BCUT2D eigenvalue weighted by atomic mass is 16.7. The minimum atomic E-state index is -1.63. The Kier molecular flexibility index (Phi) is 28.5. The molecule has 25 heteroatoms. The number of aliphatic hydroxyl groups is 1. The quantitative estimate of drug-likeness (QED) is 0.0492. The number of imide groups is 1. The number of allylic oxidation sites excluding steroid dienone is 1. The predicted octanol–water partition coefficient (Wildman–Crippen LogP) is 6.60. The zero-order valence-corrected chi connectivity index (χ0v) is 54.5. The molecule has 2 fully saturated rings. The van der Waals surface area contributed by atoms with Crippen LogP contribution in [0.15, 0.2) is 66.7 Å². The normalized spacial score (nSPS) is 19.7. The maximum absolute atomic E-state index is 14.8. The van der Waals surface area contributed by atoms with E-state index in [4.69, 9.17) is 28.5 Å². The van der Waals surface area contributed by atoms with Crippen LogP contribution < -0.4 is 20.7 Å². The third kappa shape index (κ3) is 20.2. The lowest BCUT2D eigenvalue weighted by Gasteiger charge is -2.41. The number of carbonyl (C=O) groups is 10. The lowest BCUT2D eigenvalue weighted by molar-refractivity contribution is -0.199. The first-order valence-corrected chi connectivity index (χ1v) is 31.3. The molecule has 9 amide bonds. The van der Waals surface area contributed by atoms with E-state index in [-0.39, 0.29) is 49.4 Å². The second-order valence-electron chi connectivity index (χ2n) is 24.4. The van der Waals surface area contributed by atoms with E-state index in [2.05, 4.69) is 16.0 Å². The van der Waals surface area contributed by atoms with Crippen LogP contribution in [0.3, 0.4) is 0 Å². The lowest BCUT2D eigenvalue weighted by Crippen LogP contribution is -2.60. The van der Waals surface area contributed by atoms with Gasteiger partial charge in [0, 0.05) is 54.7 Å². The van der Waals surface area contributed by atoms with Crippen molar-refractivity contribution in [1.82, 2.24) is 40.6 Å². The first-order valence-electron chi connectivity index (χ1n) is 31.3. The van der Waals surface area contributed by atoms with E-state index in [1.165, 1.54) is 57.5 Å². The number of likely N-dealkylation sites (N-methyl/N-ethyl adjacent to an activating group) is 3. The Morgan fingerprint density at radius 2 is 1.41 bits per heavy atom. The molecule has 0 bridgehead atoms. The van der Waals surface area contributed by atoms with Crippen LogP contribution in [0.2, 0.25) is 0 Å². The largest absolute Gasteiger partial charge is 0.445 e. The molecule has 5 rings (SSSR count). The fourth-order valence-corrected chi connectivity index (χ4v) is 11.7. The van der Waals surface area contributed by atoms with Gasteiger partial charge in [-0.1, -0.05) is 110 Å². The summed E-state index contributed by atoms with van der Waals surface area (Å²) in [5.41, 5.74) is 1.12. The smallest absolute Gasteiger partial charge is 0.413 e. The zero-order chi connectivity index (χ0) is 66.5. The molecule has 1 aliphatic carbocycles. The summed E-state index contributed by atoms with van der Waals surface area (Å²) in [4.78, 5) is 146. The highest BCUT2D eigenvalue weighted by Crippen LogP contribution is 2.31. The molecule has 12 atom stereocenters. The number of aliphatic hydroxyl groups excluding tert-OH is 1. The summed E-state index contributed by atoms with van der Waals surface area (Å²) in [6, 6.07) is 9.37. The molecule has 25 nitrogen and oxygen atoms in total. The number of carbonyl (C=O) groups excluding carboxylic acids is 10. The van der Waals surface area contributed by atoms with Crippen LogP contribution in [0.1, 0.15) is 143 Å². The summed E-state index contributed by atoms with van der Waals surface area (Å²) in [6.45, 7) is 14.2. The number of hydroxylamine groups is 2. The van der Waals surface area contributed by atoms with E-state index in [0.717, 1.165) is 35.5 Å². The van der Waals surface area contributed by atoms with E-state index in [9.17, 15) is 53.1 Å². The van der Waals surface area contributed by atoms with Gasteiger partial charge in [-0.3, -0.25) is 33.7 Å². The summed E-state index contributed by atoms with van der Waals surface area (Å²) in [7, 11) is 7.39. The second-order valence-corrected chi connectivity index (χ2v) is 24.4. The van der Waals surface area contributed by atoms with Crippen molar-refractivity contribution in [2.75, 3.05) is 48.5 Å². The molecule has 0 aromatic heterocycles. The summed E-state index contributed by atoms with van der Waals surface area (Å²) >= 11 is 0. The average Bonchev–Trinajstić information content (AvgIpc) is 1.50. The molecule has 0 saturated carbocycles. The van der Waals surface area contributed by atoms with Crippen LogP contribution in [0.25, 0.3) is 0 Å². The Labute approximate surface area is 529 Å². The van der Waals surface area contributed by atoms with E-state index in [0.29, 0.717) is 48.4 Å². The molecule has 2 aliphatic heterocycles. The van der Waals surface area contributed by atoms with Crippen molar-refractivity contribution in [3.63, 3.8) is 0 Å². The third-order valence-corrected chi connectivity index (χ3v) is 17.1. The predicted molar refractivity (Wildman–Crippen MR) is 330 cm³/mol. The first kappa shape index (κ1) is 73.1. The van der Waals surface area contributed by atoms with Crippen LogP contribution in [-0.2, 0) is 64.0 Å². The molecular weight excluding hydrogens is 1160 g/mol. The number of amides is 9. The highest BCUT2D eigenvalue weighted by molar-refractivity contribution is 6.02. The molecule has 3 aliphatic rings. The van der Waals surface area contributed by atoms with Crippen molar-refractivity contribution in [2.24, 2.45) is 23.7 Å². The van der Waals surface area contributed by atoms with Crippen molar-refractivity contribution in [1.29, 1.82) is 0 Å². The summed E-state index contributed by atoms with van der Waals surface area (Å²) in [6.07, 6.45) is 3.81. The number of hydrogen-bond acceptors (Lipinski definition) is 17. The highest BCUT2D eigenvalue weighted by Gasteiger charge is 2.44. The van der Waals surface area contributed by atoms with Crippen LogP contribution in [-0.4, -0.2) is 192 Å². The monoisotopic (exact) mass is 1260 g/mol. The molecule has 2 saturated heterocycles. The van der Waals surface area contributed by atoms with Gasteiger partial charge < -0.3 is 64.3 Å². The Morgan fingerprint density at radius 1 is 0.744 bits per heavy atom. The Bertz CT molecular complexity index is 2770. The molecule has 90 heavy (non-hydrogen) atoms. The number of ether oxygens (including phenoxy) is 5. The molecule has 0 radical (unpaired) electrons. The van der Waals surface area contributed by atoms with Crippen molar-refractivity contribution in [3.05, 3.63) is 77.9 Å². The van der Waals surface area contributed by atoms with Gasteiger partial charge in [-0.25, -0.2) is 19.2 Å². The fourth-order valence-electron chi connectivity index (χ4n) is 11.7. The van der Waals surface area contributed by atoms with Gasteiger partial charge in [0.15, 0.2) is 0 Å². The van der Waals surface area contributed by atoms with Crippen molar-refractivity contribution >= 4 is 59.7 Å². The van der Waals surface area contributed by atoms with E-state index in [1.54, 1.807) is 65.6 Å². The van der Waals surface area contributed by atoms with Crippen LogP contribution >= 0.6 is 0 Å². The standard InChI is InChI=1S/C65H96N8O17/c1-14-41(6)56(50(85-12)36-53(76)72-35-23-28-49(72)58(86-13)42(7)59(78)66-43(8)57(77)45-24-19-18-20-25-45)70(10)61(80)54(39(2)3)68-60(79)55(40(4)5)71(11)65(84)87-38-44-29-31-47(32-30-44)88-63(82)67-48(62(81)90-73-51(74)33-34-52(73)75)37-69(9)64(83)89-46-26-21-16-15-17-22-27-46/h18-21,24-26,29-32,39-43,46,48-50,54-58,77H,14-17,22-23,27-28,33-38H2,1-13H3,(H,66,78)(H,67,82)(H,68,79)/b26-21+/t41-,42+,43+,46?,48?,49-,50+,54+,55-,56-,57+,58+/m0/s1. The van der Waals surface area contributed by atoms with Gasteiger partial charge in [0.25, 0.3) is 11.8 Å². The topological polar surface area (TPSA) is 299 Å². The maximum Gasteiger partial charge on any atom is 0.413 e. The van der Waals surface area contributed by atoms with Gasteiger partial charge in [-0.05, 0) is 92.5 Å². The summed E-state index contributed by atoms with van der Waals surface area (Å²) in [5.74, 6) is -6.08. The number of likely N-dealkylation sites (tertiary alicyclic amines) is 1. The number of hydrogen-bond donors (Lipinski definition) is 4. The number of benzene rings is 2. The molecule has 2 aromatic carbocycles. The average molecular weight is 1260 g/mol. The van der Waals surface area contributed by atoms with Crippen molar-refractivity contribution < 1.29 is 81.6 Å². The maximum atomic E-state index is 14.8. The molecule has 2 aromatic rings. The van der Waals surface area contributed by atoms with Crippen LogP contribution in [0.4, 0.5) is 14.4 Å². The minimum absolute atomic E-state index is 0.00672. The fraction of sp³-hybridized carbons (Fsp3) is 0.631. The van der Waals surface area contributed by atoms with Gasteiger partial charge in [0.2, 0.25) is 23.6 Å². The number of nitrogens with zero attached hydrogens (tertiary/aromatic N) is 5. The Hall–Kier alpha value is -7.64. The zero-order valence-electron chi connectivity index (χ0n) is 54.5. The van der Waals surface area contributed by atoms with Gasteiger partial charge in [-0.15, -0.1) is 5.06 Å². The third-order valence-electron chi connectivity index (χ3n) is 17.1. The second kappa shape index (κ2) is 35.1. The minimum Gasteiger partial charge on any atom is -0.445 e.